The van der Waals surface area contributed by atoms with Crippen molar-refractivity contribution in [3.8, 4) is 0 Å². The molecular weight excluding hydrogens is 805 g/mol. The highest BCUT2D eigenvalue weighted by Crippen LogP contribution is 2.15. The van der Waals surface area contributed by atoms with E-state index in [4.69, 9.17) is 14.2 Å². The number of hydrogen-bond donors (Lipinski definition) is 0. The molecule has 65 heavy (non-hydrogen) atoms. The van der Waals surface area contributed by atoms with Crippen molar-refractivity contribution in [1.82, 2.24) is 0 Å². The third kappa shape index (κ3) is 51.2. The summed E-state index contributed by atoms with van der Waals surface area (Å²) in [7, 11) is 0. The first-order valence-electron chi connectivity index (χ1n) is 26.7. The third-order valence-electron chi connectivity index (χ3n) is 11.1. The smallest absolute Gasteiger partial charge is 0.306 e. The highest BCUT2D eigenvalue weighted by molar-refractivity contribution is 5.71. The van der Waals surface area contributed by atoms with Crippen LogP contribution in [0, 0.1) is 0 Å². The molecule has 6 nitrogen and oxygen atoms in total. The summed E-state index contributed by atoms with van der Waals surface area (Å²) in [5.41, 5.74) is 0. The molecule has 6 heteroatoms. The average molecular weight is 903 g/mol. The highest BCUT2D eigenvalue weighted by atomic mass is 16.6. The molecule has 0 N–H and O–H groups in total. The van der Waals surface area contributed by atoms with E-state index in [9.17, 15) is 14.4 Å². The van der Waals surface area contributed by atoms with Crippen LogP contribution in [-0.4, -0.2) is 37.2 Å². The van der Waals surface area contributed by atoms with Crippen LogP contribution in [0.2, 0.25) is 0 Å². The van der Waals surface area contributed by atoms with Gasteiger partial charge in [0.2, 0.25) is 0 Å². The van der Waals surface area contributed by atoms with Crippen molar-refractivity contribution in [2.45, 2.75) is 245 Å². The standard InChI is InChI=1S/C59H98O6/c1-4-7-10-13-16-19-22-25-28-29-32-34-37-40-43-46-49-52-58(61)64-55-56(65-59(62)53-50-47-44-41-38-35-31-27-24-21-18-15-12-9-6-3)54-63-57(60)51-48-45-42-39-36-33-30-26-23-20-17-14-11-8-5-2/h7-8,10-11,16-17,19-20,25-26,28,30,32,34,36,39,56H,4-6,9,12-15,18,21-24,27,29,31,33,35,37-38,40-55H2,1-3H3/b10-7-,11-8-,19-16-,20-17-,28-25-,30-26-,34-32-,39-36-/t56-/m0/s1. The molecule has 0 fully saturated rings. The van der Waals surface area contributed by atoms with Gasteiger partial charge < -0.3 is 14.2 Å². The van der Waals surface area contributed by atoms with Crippen LogP contribution in [-0.2, 0) is 28.6 Å². The number of rotatable bonds is 47. The molecule has 0 unspecified atom stereocenters. The topological polar surface area (TPSA) is 78.9 Å². The third-order valence-corrected chi connectivity index (χ3v) is 11.1. The van der Waals surface area contributed by atoms with Crippen molar-refractivity contribution in [1.29, 1.82) is 0 Å². The molecule has 0 amide bonds. The zero-order valence-electron chi connectivity index (χ0n) is 42.2. The van der Waals surface area contributed by atoms with E-state index in [0.717, 1.165) is 122 Å². The molecule has 0 rings (SSSR count). The van der Waals surface area contributed by atoms with E-state index in [1.165, 1.54) is 77.0 Å². The maximum atomic E-state index is 12.8. The Labute approximate surface area is 400 Å². The molecule has 0 heterocycles. The van der Waals surface area contributed by atoms with Crippen LogP contribution >= 0.6 is 0 Å². The van der Waals surface area contributed by atoms with Gasteiger partial charge in [0.1, 0.15) is 13.2 Å². The number of carbonyl (C=O) groups is 3. The molecule has 0 spiro atoms. The Morgan fingerprint density at radius 2 is 0.600 bits per heavy atom. The average Bonchev–Trinajstić information content (AvgIpc) is 3.30. The van der Waals surface area contributed by atoms with Gasteiger partial charge in [-0.2, -0.15) is 0 Å². The van der Waals surface area contributed by atoms with Gasteiger partial charge in [0.05, 0.1) is 0 Å². The van der Waals surface area contributed by atoms with Gasteiger partial charge in [0.15, 0.2) is 6.10 Å². The Morgan fingerprint density at radius 3 is 0.969 bits per heavy atom. The molecule has 370 valence electrons. The van der Waals surface area contributed by atoms with Gasteiger partial charge in [-0.05, 0) is 96.3 Å². The van der Waals surface area contributed by atoms with E-state index in [0.29, 0.717) is 19.3 Å². The van der Waals surface area contributed by atoms with Crippen molar-refractivity contribution in [3.05, 3.63) is 97.2 Å². The first-order chi connectivity index (χ1) is 32.0. The van der Waals surface area contributed by atoms with Crippen LogP contribution in [0.1, 0.15) is 239 Å². The molecule has 0 saturated heterocycles. The summed E-state index contributed by atoms with van der Waals surface area (Å²) in [4.78, 5) is 38.0. The predicted octanol–water partition coefficient (Wildman–Crippen LogP) is 17.8. The summed E-state index contributed by atoms with van der Waals surface area (Å²) in [6.07, 6.45) is 69.6. The minimum Gasteiger partial charge on any atom is -0.462 e. The van der Waals surface area contributed by atoms with Crippen molar-refractivity contribution in [2.24, 2.45) is 0 Å². The molecule has 0 aliphatic carbocycles. The second-order valence-electron chi connectivity index (χ2n) is 17.4. The fourth-order valence-electron chi connectivity index (χ4n) is 7.13. The number of carbonyl (C=O) groups excluding carboxylic acids is 3. The van der Waals surface area contributed by atoms with Crippen LogP contribution in [0.5, 0.6) is 0 Å². The number of ether oxygens (including phenoxy) is 3. The minimum absolute atomic E-state index is 0.103. The maximum Gasteiger partial charge on any atom is 0.306 e. The van der Waals surface area contributed by atoms with Crippen LogP contribution in [0.3, 0.4) is 0 Å². The molecule has 0 saturated carbocycles. The summed E-state index contributed by atoms with van der Waals surface area (Å²) < 4.78 is 16.8. The molecular formula is C59H98O6. The van der Waals surface area contributed by atoms with Crippen LogP contribution < -0.4 is 0 Å². The van der Waals surface area contributed by atoms with E-state index < -0.39 is 6.10 Å². The van der Waals surface area contributed by atoms with Gasteiger partial charge >= 0.3 is 17.9 Å². The highest BCUT2D eigenvalue weighted by Gasteiger charge is 2.19. The second-order valence-corrected chi connectivity index (χ2v) is 17.4. The van der Waals surface area contributed by atoms with Crippen LogP contribution in [0.25, 0.3) is 0 Å². The lowest BCUT2D eigenvalue weighted by Gasteiger charge is -2.18. The largest absolute Gasteiger partial charge is 0.462 e. The summed E-state index contributed by atoms with van der Waals surface area (Å²) in [5.74, 6) is -0.965. The molecule has 0 aromatic rings. The van der Waals surface area contributed by atoms with Gasteiger partial charge in [-0.3, -0.25) is 14.4 Å². The van der Waals surface area contributed by atoms with Gasteiger partial charge in [-0.1, -0.05) is 221 Å². The Bertz CT molecular complexity index is 1310. The first kappa shape index (κ1) is 61.3. The van der Waals surface area contributed by atoms with Crippen molar-refractivity contribution < 1.29 is 28.6 Å². The quantitative estimate of drug-likeness (QED) is 0.0262. The van der Waals surface area contributed by atoms with E-state index >= 15 is 0 Å². The summed E-state index contributed by atoms with van der Waals surface area (Å²) in [6, 6.07) is 0. The predicted molar refractivity (Wildman–Crippen MR) is 279 cm³/mol. The normalized spacial score (nSPS) is 12.8. The Morgan fingerprint density at radius 1 is 0.323 bits per heavy atom. The molecule has 0 aliphatic rings. The Kier molecular flexibility index (Phi) is 50.0. The zero-order chi connectivity index (χ0) is 47.2. The van der Waals surface area contributed by atoms with E-state index in [-0.39, 0.29) is 31.1 Å². The molecule has 1 atom stereocenters. The fraction of sp³-hybridized carbons (Fsp3) is 0.678. The monoisotopic (exact) mass is 903 g/mol. The first-order valence-corrected chi connectivity index (χ1v) is 26.7. The van der Waals surface area contributed by atoms with Crippen molar-refractivity contribution >= 4 is 17.9 Å². The van der Waals surface area contributed by atoms with Crippen LogP contribution in [0.15, 0.2) is 97.2 Å². The van der Waals surface area contributed by atoms with Gasteiger partial charge in [-0.25, -0.2) is 0 Å². The molecule has 0 aliphatic heterocycles. The molecule has 0 aromatic carbocycles. The van der Waals surface area contributed by atoms with Crippen molar-refractivity contribution in [3.63, 3.8) is 0 Å². The van der Waals surface area contributed by atoms with Crippen LogP contribution in [0.4, 0.5) is 0 Å². The molecule has 0 bridgehead atoms. The number of esters is 3. The fourth-order valence-corrected chi connectivity index (χ4v) is 7.13. The second kappa shape index (κ2) is 52.9. The van der Waals surface area contributed by atoms with E-state index in [1.54, 1.807) is 0 Å². The lowest BCUT2D eigenvalue weighted by molar-refractivity contribution is -0.167. The summed E-state index contributed by atoms with van der Waals surface area (Å²) in [6.45, 7) is 6.36. The van der Waals surface area contributed by atoms with Gasteiger partial charge in [0.25, 0.3) is 0 Å². The minimum atomic E-state index is -0.804. The molecule has 0 aromatic heterocycles. The Hall–Kier alpha value is -3.67. The summed E-state index contributed by atoms with van der Waals surface area (Å²) >= 11 is 0. The molecule has 0 radical (unpaired) electrons. The number of unbranched alkanes of at least 4 members (excludes halogenated alkanes) is 20. The number of hydrogen-bond acceptors (Lipinski definition) is 6. The van der Waals surface area contributed by atoms with Gasteiger partial charge in [0, 0.05) is 19.3 Å². The lowest BCUT2D eigenvalue weighted by atomic mass is 10.0. The zero-order valence-corrected chi connectivity index (χ0v) is 42.2. The maximum absolute atomic E-state index is 12.8. The summed E-state index contributed by atoms with van der Waals surface area (Å²) in [5, 5.41) is 0. The van der Waals surface area contributed by atoms with Gasteiger partial charge in [-0.15, -0.1) is 0 Å². The van der Waals surface area contributed by atoms with E-state index in [1.807, 2.05) is 0 Å². The lowest BCUT2D eigenvalue weighted by Crippen LogP contribution is -2.30. The Balaban J connectivity index is 4.49. The van der Waals surface area contributed by atoms with E-state index in [2.05, 4.69) is 118 Å². The SMILES string of the molecule is CC/C=C\C/C=C\C/C=C\C/C=C\CCCCCCC(=O)OC[C@H](COC(=O)CCCC/C=C\C/C=C\C/C=C\C/C=C\CC)OC(=O)CCCCCCCCCCCCCCCCC. The van der Waals surface area contributed by atoms with Crippen molar-refractivity contribution in [2.75, 3.05) is 13.2 Å². The number of allylic oxidation sites excluding steroid dienone is 16.